The summed E-state index contributed by atoms with van der Waals surface area (Å²) in [4.78, 5) is 2.18. The van der Waals surface area contributed by atoms with E-state index < -0.39 is 0 Å². The fourth-order valence-corrected chi connectivity index (χ4v) is 2.35. The number of rotatable bonds is 4. The molecule has 1 aromatic rings. The minimum atomic E-state index is 0.319. The summed E-state index contributed by atoms with van der Waals surface area (Å²) in [6.45, 7) is 2.59. The maximum Gasteiger partial charge on any atom is 0.169 e. The van der Waals surface area contributed by atoms with Crippen LogP contribution in [0.2, 0.25) is 0 Å². The first kappa shape index (κ1) is 13.3. The Kier molecular flexibility index (Phi) is 4.96. The molecule has 4 heteroatoms. The molecule has 1 N–H and O–H groups in total. The Labute approximate surface area is 114 Å². The molecule has 1 aliphatic heterocycles. The van der Waals surface area contributed by atoms with E-state index in [0.29, 0.717) is 6.10 Å². The molecule has 0 aliphatic carbocycles. The smallest absolute Gasteiger partial charge is 0.169 e. The SMILES string of the molecule is CNC(=S)N(Cc1ccccc1)C[C@H]1CCCO1. The van der Waals surface area contributed by atoms with Crippen molar-refractivity contribution >= 4 is 17.3 Å². The van der Waals surface area contributed by atoms with Crippen molar-refractivity contribution in [3.05, 3.63) is 35.9 Å². The number of nitrogens with one attached hydrogen (secondary N) is 1. The van der Waals surface area contributed by atoms with Crippen LogP contribution in [0.5, 0.6) is 0 Å². The fraction of sp³-hybridized carbons (Fsp3) is 0.500. The molecular formula is C14H20N2OS. The van der Waals surface area contributed by atoms with E-state index in [2.05, 4.69) is 34.5 Å². The first-order chi connectivity index (χ1) is 8.79. The normalized spacial score (nSPS) is 18.6. The van der Waals surface area contributed by atoms with E-state index in [1.807, 2.05) is 13.1 Å². The Morgan fingerprint density at radius 1 is 1.44 bits per heavy atom. The van der Waals surface area contributed by atoms with Gasteiger partial charge in [-0.3, -0.25) is 0 Å². The summed E-state index contributed by atoms with van der Waals surface area (Å²) in [5.74, 6) is 0. The van der Waals surface area contributed by atoms with Crippen LogP contribution in [-0.4, -0.2) is 36.3 Å². The molecule has 0 unspecified atom stereocenters. The molecule has 0 bridgehead atoms. The Bertz CT molecular complexity index is 377. The maximum absolute atomic E-state index is 5.69. The second kappa shape index (κ2) is 6.71. The predicted octanol–water partition coefficient (Wildman–Crippen LogP) is 2.17. The summed E-state index contributed by atoms with van der Waals surface area (Å²) in [7, 11) is 1.87. The molecule has 1 aliphatic rings. The number of nitrogens with zero attached hydrogens (tertiary/aromatic N) is 1. The quantitative estimate of drug-likeness (QED) is 0.842. The van der Waals surface area contributed by atoms with Crippen LogP contribution in [0.4, 0.5) is 0 Å². The predicted molar refractivity (Wildman–Crippen MR) is 77.5 cm³/mol. The van der Waals surface area contributed by atoms with Crippen LogP contribution in [0.3, 0.4) is 0 Å². The maximum atomic E-state index is 5.69. The summed E-state index contributed by atoms with van der Waals surface area (Å²) in [5, 5.41) is 3.85. The van der Waals surface area contributed by atoms with E-state index in [1.54, 1.807) is 0 Å². The van der Waals surface area contributed by atoms with E-state index in [4.69, 9.17) is 17.0 Å². The lowest BCUT2D eigenvalue weighted by molar-refractivity contribution is 0.0899. The molecule has 1 heterocycles. The largest absolute Gasteiger partial charge is 0.376 e. The highest BCUT2D eigenvalue weighted by atomic mass is 32.1. The minimum Gasteiger partial charge on any atom is -0.376 e. The number of hydrogen-bond acceptors (Lipinski definition) is 2. The van der Waals surface area contributed by atoms with Crippen LogP contribution in [0.25, 0.3) is 0 Å². The van der Waals surface area contributed by atoms with Crippen LogP contribution < -0.4 is 5.32 Å². The van der Waals surface area contributed by atoms with Crippen molar-refractivity contribution in [2.75, 3.05) is 20.2 Å². The number of ether oxygens (including phenoxy) is 1. The van der Waals surface area contributed by atoms with Crippen LogP contribution in [0.1, 0.15) is 18.4 Å². The zero-order valence-electron chi connectivity index (χ0n) is 10.8. The van der Waals surface area contributed by atoms with E-state index in [9.17, 15) is 0 Å². The van der Waals surface area contributed by atoms with Gasteiger partial charge in [0.25, 0.3) is 0 Å². The van der Waals surface area contributed by atoms with Crippen molar-refractivity contribution in [3.8, 4) is 0 Å². The number of thiocarbonyl (C=S) groups is 1. The lowest BCUT2D eigenvalue weighted by Gasteiger charge is -2.27. The third-order valence-electron chi connectivity index (χ3n) is 3.17. The third-order valence-corrected chi connectivity index (χ3v) is 3.63. The molecule has 98 valence electrons. The van der Waals surface area contributed by atoms with Crippen molar-refractivity contribution < 1.29 is 4.74 Å². The standard InChI is InChI=1S/C14H20N2OS/c1-15-14(18)16(11-13-8-5-9-17-13)10-12-6-3-2-4-7-12/h2-4,6-7,13H,5,8-11H2,1H3,(H,15,18)/t13-/m1/s1. The van der Waals surface area contributed by atoms with E-state index in [-0.39, 0.29) is 0 Å². The molecule has 3 nitrogen and oxygen atoms in total. The molecule has 1 atom stereocenters. The second-order valence-electron chi connectivity index (χ2n) is 4.56. The lowest BCUT2D eigenvalue weighted by Crippen LogP contribution is -2.41. The molecule has 1 aromatic carbocycles. The van der Waals surface area contributed by atoms with Crippen molar-refractivity contribution in [2.45, 2.75) is 25.5 Å². The number of hydrogen-bond donors (Lipinski definition) is 1. The molecule has 0 aromatic heterocycles. The van der Waals surface area contributed by atoms with Crippen molar-refractivity contribution in [1.29, 1.82) is 0 Å². The Morgan fingerprint density at radius 2 is 2.22 bits per heavy atom. The summed E-state index contributed by atoms with van der Waals surface area (Å²) in [5.41, 5.74) is 1.27. The van der Waals surface area contributed by atoms with Gasteiger partial charge in [0, 0.05) is 26.7 Å². The zero-order valence-corrected chi connectivity index (χ0v) is 11.6. The molecular weight excluding hydrogens is 244 g/mol. The zero-order chi connectivity index (χ0) is 12.8. The average Bonchev–Trinajstić information content (AvgIpc) is 2.91. The van der Waals surface area contributed by atoms with Crippen LogP contribution in [0.15, 0.2) is 30.3 Å². The van der Waals surface area contributed by atoms with Gasteiger partial charge in [0.2, 0.25) is 0 Å². The van der Waals surface area contributed by atoms with Gasteiger partial charge in [0.15, 0.2) is 5.11 Å². The molecule has 18 heavy (non-hydrogen) atoms. The van der Waals surface area contributed by atoms with Crippen LogP contribution in [0, 0.1) is 0 Å². The van der Waals surface area contributed by atoms with Gasteiger partial charge in [-0.2, -0.15) is 0 Å². The second-order valence-corrected chi connectivity index (χ2v) is 4.94. The van der Waals surface area contributed by atoms with Gasteiger partial charge in [-0.05, 0) is 30.6 Å². The Morgan fingerprint density at radius 3 is 2.83 bits per heavy atom. The summed E-state index contributed by atoms with van der Waals surface area (Å²) in [6.07, 6.45) is 2.62. The number of benzene rings is 1. The highest BCUT2D eigenvalue weighted by Gasteiger charge is 2.20. The third kappa shape index (κ3) is 3.68. The van der Waals surface area contributed by atoms with Gasteiger partial charge in [-0.1, -0.05) is 30.3 Å². The van der Waals surface area contributed by atoms with E-state index in [0.717, 1.165) is 37.7 Å². The van der Waals surface area contributed by atoms with Gasteiger partial charge in [0.05, 0.1) is 6.10 Å². The van der Waals surface area contributed by atoms with E-state index >= 15 is 0 Å². The van der Waals surface area contributed by atoms with E-state index in [1.165, 1.54) is 5.56 Å². The molecule has 1 saturated heterocycles. The van der Waals surface area contributed by atoms with Crippen LogP contribution >= 0.6 is 12.2 Å². The summed E-state index contributed by atoms with van der Waals surface area (Å²) < 4.78 is 5.69. The molecule has 2 rings (SSSR count). The van der Waals surface area contributed by atoms with Crippen molar-refractivity contribution in [3.63, 3.8) is 0 Å². The van der Waals surface area contributed by atoms with Gasteiger partial charge in [-0.25, -0.2) is 0 Å². The monoisotopic (exact) mass is 264 g/mol. The van der Waals surface area contributed by atoms with Crippen LogP contribution in [-0.2, 0) is 11.3 Å². The highest BCUT2D eigenvalue weighted by Crippen LogP contribution is 2.15. The Balaban J connectivity index is 1.98. The lowest BCUT2D eigenvalue weighted by atomic mass is 10.2. The first-order valence-electron chi connectivity index (χ1n) is 6.42. The molecule has 0 spiro atoms. The molecule has 1 fully saturated rings. The molecule has 0 amide bonds. The molecule has 0 saturated carbocycles. The highest BCUT2D eigenvalue weighted by molar-refractivity contribution is 7.80. The molecule has 0 radical (unpaired) electrons. The fourth-order valence-electron chi connectivity index (χ4n) is 2.22. The van der Waals surface area contributed by atoms with Gasteiger partial charge in [-0.15, -0.1) is 0 Å². The first-order valence-corrected chi connectivity index (χ1v) is 6.82. The van der Waals surface area contributed by atoms with Gasteiger partial charge >= 0.3 is 0 Å². The van der Waals surface area contributed by atoms with Gasteiger partial charge < -0.3 is 15.0 Å². The topological polar surface area (TPSA) is 24.5 Å². The van der Waals surface area contributed by atoms with Gasteiger partial charge in [0.1, 0.15) is 0 Å². The average molecular weight is 264 g/mol. The van der Waals surface area contributed by atoms with Crippen molar-refractivity contribution in [1.82, 2.24) is 10.2 Å². The summed E-state index contributed by atoms with van der Waals surface area (Å²) >= 11 is 5.37. The minimum absolute atomic E-state index is 0.319. The Hall–Kier alpha value is -1.13. The summed E-state index contributed by atoms with van der Waals surface area (Å²) in [6, 6.07) is 10.4. The van der Waals surface area contributed by atoms with Crippen molar-refractivity contribution in [2.24, 2.45) is 0 Å².